The predicted molar refractivity (Wildman–Crippen MR) is 68.2 cm³/mol. The number of rotatable bonds is 4. The molecule has 1 aliphatic rings. The zero-order valence-corrected chi connectivity index (χ0v) is 12.0. The maximum Gasteiger partial charge on any atom is 0.303 e. The SMILES string of the molecule is CCS[C@@H]1O[C@H](C)[C@H](OC(C)=O)C[C@H]1OC(C)=O. The standard InChI is InChI=1S/C12H20O5S/c1-5-18-12-11(17-9(4)14)6-10(7(2)15-12)16-8(3)13/h7,10-12H,5-6H2,1-4H3/t7-,10-,11-,12+/m1/s1. The van der Waals surface area contributed by atoms with Crippen LogP contribution in [0.15, 0.2) is 0 Å². The number of ether oxygens (including phenoxy) is 3. The number of thioether (sulfide) groups is 1. The summed E-state index contributed by atoms with van der Waals surface area (Å²) in [5, 5.41) is 0. The van der Waals surface area contributed by atoms with Crippen LogP contribution in [-0.2, 0) is 23.8 Å². The molecule has 0 aromatic heterocycles. The summed E-state index contributed by atoms with van der Waals surface area (Å²) in [6, 6.07) is 0. The van der Waals surface area contributed by atoms with Gasteiger partial charge in [0.1, 0.15) is 17.6 Å². The third kappa shape index (κ3) is 4.49. The molecule has 1 aliphatic heterocycles. The molecule has 1 saturated heterocycles. The second kappa shape index (κ2) is 6.99. The molecular formula is C12H20O5S. The van der Waals surface area contributed by atoms with Crippen LogP contribution in [0.1, 0.15) is 34.1 Å². The molecule has 18 heavy (non-hydrogen) atoms. The van der Waals surface area contributed by atoms with Crippen molar-refractivity contribution in [1.82, 2.24) is 0 Å². The van der Waals surface area contributed by atoms with E-state index < -0.39 is 0 Å². The van der Waals surface area contributed by atoms with Crippen molar-refractivity contribution in [2.75, 3.05) is 5.75 Å². The fraction of sp³-hybridized carbons (Fsp3) is 0.833. The lowest BCUT2D eigenvalue weighted by molar-refractivity contribution is -0.184. The molecule has 0 amide bonds. The van der Waals surface area contributed by atoms with Gasteiger partial charge in [0.05, 0.1) is 6.10 Å². The Bertz CT molecular complexity index is 307. The molecule has 1 rings (SSSR count). The van der Waals surface area contributed by atoms with Gasteiger partial charge in [0.15, 0.2) is 0 Å². The number of hydrogen-bond donors (Lipinski definition) is 0. The second-order valence-electron chi connectivity index (χ2n) is 4.20. The van der Waals surface area contributed by atoms with Gasteiger partial charge >= 0.3 is 11.9 Å². The molecule has 5 nitrogen and oxygen atoms in total. The lowest BCUT2D eigenvalue weighted by atomic mass is 10.0. The number of esters is 2. The van der Waals surface area contributed by atoms with E-state index in [1.54, 1.807) is 11.8 Å². The minimum atomic E-state index is -0.368. The molecule has 0 N–H and O–H groups in total. The molecule has 0 saturated carbocycles. The van der Waals surface area contributed by atoms with Crippen molar-refractivity contribution in [2.45, 2.75) is 57.9 Å². The van der Waals surface area contributed by atoms with Gasteiger partial charge in [-0.1, -0.05) is 6.92 Å². The van der Waals surface area contributed by atoms with Crippen LogP contribution in [0.2, 0.25) is 0 Å². The molecule has 1 fully saturated rings. The van der Waals surface area contributed by atoms with Crippen molar-refractivity contribution in [3.8, 4) is 0 Å². The van der Waals surface area contributed by atoms with Crippen LogP contribution in [0.25, 0.3) is 0 Å². The number of carbonyl (C=O) groups is 2. The fourth-order valence-corrected chi connectivity index (χ4v) is 2.87. The van der Waals surface area contributed by atoms with E-state index in [2.05, 4.69) is 0 Å². The van der Waals surface area contributed by atoms with Gasteiger partial charge < -0.3 is 14.2 Å². The van der Waals surface area contributed by atoms with Gasteiger partial charge in [-0.15, -0.1) is 11.8 Å². The summed E-state index contributed by atoms with van der Waals surface area (Å²) < 4.78 is 16.2. The lowest BCUT2D eigenvalue weighted by Gasteiger charge is -2.38. The highest BCUT2D eigenvalue weighted by atomic mass is 32.2. The largest absolute Gasteiger partial charge is 0.460 e. The first-order valence-corrected chi connectivity index (χ1v) is 7.10. The minimum absolute atomic E-state index is 0.190. The van der Waals surface area contributed by atoms with Crippen LogP contribution in [0, 0.1) is 0 Å². The first kappa shape index (κ1) is 15.3. The summed E-state index contributed by atoms with van der Waals surface area (Å²) in [6.07, 6.45) is -0.434. The Morgan fingerprint density at radius 2 is 1.78 bits per heavy atom. The summed E-state index contributed by atoms with van der Waals surface area (Å²) in [6.45, 7) is 6.61. The van der Waals surface area contributed by atoms with E-state index in [0.717, 1.165) is 5.75 Å². The molecule has 1 heterocycles. The third-order valence-corrected chi connectivity index (χ3v) is 3.68. The molecule has 4 atom stereocenters. The maximum absolute atomic E-state index is 11.1. The first-order valence-electron chi connectivity index (χ1n) is 6.05. The molecule has 0 spiro atoms. The zero-order chi connectivity index (χ0) is 13.7. The highest BCUT2D eigenvalue weighted by Gasteiger charge is 2.39. The van der Waals surface area contributed by atoms with Crippen LogP contribution in [0.5, 0.6) is 0 Å². The van der Waals surface area contributed by atoms with Crippen molar-refractivity contribution >= 4 is 23.7 Å². The minimum Gasteiger partial charge on any atom is -0.460 e. The second-order valence-corrected chi connectivity index (χ2v) is 5.57. The van der Waals surface area contributed by atoms with Gasteiger partial charge in [0.2, 0.25) is 0 Å². The molecular weight excluding hydrogens is 256 g/mol. The topological polar surface area (TPSA) is 61.8 Å². The zero-order valence-electron chi connectivity index (χ0n) is 11.2. The highest BCUT2D eigenvalue weighted by Crippen LogP contribution is 2.31. The summed E-state index contributed by atoms with van der Waals surface area (Å²) in [5.41, 5.74) is -0.194. The predicted octanol–water partition coefficient (Wildman–Crippen LogP) is 1.74. The summed E-state index contributed by atoms with van der Waals surface area (Å²) in [7, 11) is 0. The van der Waals surface area contributed by atoms with Crippen LogP contribution >= 0.6 is 11.8 Å². The summed E-state index contributed by atoms with van der Waals surface area (Å²) in [5.74, 6) is 0.174. The normalized spacial score (nSPS) is 31.8. The Morgan fingerprint density at radius 1 is 1.22 bits per heavy atom. The summed E-state index contributed by atoms with van der Waals surface area (Å²) >= 11 is 1.59. The van der Waals surface area contributed by atoms with Crippen molar-refractivity contribution in [3.05, 3.63) is 0 Å². The lowest BCUT2D eigenvalue weighted by Crippen LogP contribution is -2.47. The Hall–Kier alpha value is -0.750. The van der Waals surface area contributed by atoms with Gasteiger partial charge in [0.25, 0.3) is 0 Å². The smallest absolute Gasteiger partial charge is 0.303 e. The van der Waals surface area contributed by atoms with Crippen molar-refractivity contribution in [1.29, 1.82) is 0 Å². The summed E-state index contributed by atoms with van der Waals surface area (Å²) in [4.78, 5) is 22.1. The molecule has 0 bridgehead atoms. The van der Waals surface area contributed by atoms with Crippen molar-refractivity contribution in [2.24, 2.45) is 0 Å². The third-order valence-electron chi connectivity index (χ3n) is 2.61. The van der Waals surface area contributed by atoms with Crippen molar-refractivity contribution < 1.29 is 23.8 Å². The Kier molecular flexibility index (Phi) is 5.95. The van der Waals surface area contributed by atoms with E-state index in [1.165, 1.54) is 13.8 Å². The molecule has 0 unspecified atom stereocenters. The van der Waals surface area contributed by atoms with Crippen LogP contribution in [0.3, 0.4) is 0 Å². The van der Waals surface area contributed by atoms with Crippen LogP contribution in [0.4, 0.5) is 0 Å². The molecule has 0 aromatic carbocycles. The molecule has 6 heteroatoms. The monoisotopic (exact) mass is 276 g/mol. The molecule has 0 radical (unpaired) electrons. The molecule has 0 aromatic rings. The van der Waals surface area contributed by atoms with Gasteiger partial charge in [-0.3, -0.25) is 9.59 Å². The van der Waals surface area contributed by atoms with E-state index in [4.69, 9.17) is 14.2 Å². The van der Waals surface area contributed by atoms with Crippen molar-refractivity contribution in [3.63, 3.8) is 0 Å². The van der Waals surface area contributed by atoms with E-state index in [0.29, 0.717) is 6.42 Å². The fourth-order valence-electron chi connectivity index (χ4n) is 1.90. The number of hydrogen-bond acceptors (Lipinski definition) is 6. The Morgan fingerprint density at radius 3 is 2.28 bits per heavy atom. The Balaban J connectivity index is 2.68. The molecule has 104 valence electrons. The van der Waals surface area contributed by atoms with Gasteiger partial charge in [0, 0.05) is 20.3 Å². The van der Waals surface area contributed by atoms with Gasteiger partial charge in [-0.25, -0.2) is 0 Å². The van der Waals surface area contributed by atoms with E-state index in [9.17, 15) is 9.59 Å². The van der Waals surface area contributed by atoms with Gasteiger partial charge in [-0.2, -0.15) is 0 Å². The van der Waals surface area contributed by atoms with Crippen LogP contribution < -0.4 is 0 Å². The van der Waals surface area contributed by atoms with E-state index in [1.807, 2.05) is 13.8 Å². The average molecular weight is 276 g/mol. The number of carbonyl (C=O) groups excluding carboxylic acids is 2. The highest BCUT2D eigenvalue weighted by molar-refractivity contribution is 7.99. The van der Waals surface area contributed by atoms with Gasteiger partial charge in [-0.05, 0) is 12.7 Å². The van der Waals surface area contributed by atoms with E-state index in [-0.39, 0.29) is 35.7 Å². The first-order chi connectivity index (χ1) is 8.43. The quantitative estimate of drug-likeness (QED) is 0.729. The molecule has 0 aliphatic carbocycles. The average Bonchev–Trinajstić information content (AvgIpc) is 2.23. The van der Waals surface area contributed by atoms with E-state index >= 15 is 0 Å². The maximum atomic E-state index is 11.1. The Labute approximate surface area is 112 Å². The van der Waals surface area contributed by atoms with Crippen LogP contribution in [-0.4, -0.2) is 41.4 Å².